The summed E-state index contributed by atoms with van der Waals surface area (Å²) in [5, 5.41) is 0.320. The largest absolute Gasteiger partial charge is 0.342 e. The summed E-state index contributed by atoms with van der Waals surface area (Å²) >= 11 is 5.94. The third kappa shape index (κ3) is 1.76. The van der Waals surface area contributed by atoms with Crippen molar-refractivity contribution < 1.29 is 8.42 Å². The lowest BCUT2D eigenvalue weighted by molar-refractivity contribution is 0.595. The van der Waals surface area contributed by atoms with Gasteiger partial charge in [0, 0.05) is 20.2 Å². The summed E-state index contributed by atoms with van der Waals surface area (Å²) in [6.07, 6.45) is 1.47. The Morgan fingerprint density at radius 1 is 1.10 bits per heavy atom. The molecule has 7 heteroatoms. The summed E-state index contributed by atoms with van der Waals surface area (Å²) < 4.78 is 26.5. The number of fused-ring (bicyclic) bond motifs is 2. The molecular formula is C13H12ClN3O2S. The zero-order chi connectivity index (χ0) is 14.5. The highest BCUT2D eigenvalue weighted by Crippen LogP contribution is 2.42. The van der Waals surface area contributed by atoms with Crippen molar-refractivity contribution >= 4 is 38.7 Å². The maximum Gasteiger partial charge on any atom is 0.266 e. The number of aromatic nitrogens is 1. The fraction of sp³-hybridized carbons (Fsp3) is 0.154. The smallest absolute Gasteiger partial charge is 0.266 e. The number of rotatable bonds is 0. The van der Waals surface area contributed by atoms with Gasteiger partial charge in [-0.3, -0.25) is 4.31 Å². The van der Waals surface area contributed by atoms with Crippen LogP contribution in [0.4, 0.5) is 17.1 Å². The summed E-state index contributed by atoms with van der Waals surface area (Å²) in [6.45, 7) is 0. The lowest BCUT2D eigenvalue weighted by Crippen LogP contribution is -2.25. The number of nitrogens with zero attached hydrogens (tertiary/aromatic N) is 3. The zero-order valence-electron chi connectivity index (χ0n) is 10.9. The summed E-state index contributed by atoms with van der Waals surface area (Å²) in [6, 6.07) is 8.53. The first-order valence-electron chi connectivity index (χ1n) is 5.90. The Balaban J connectivity index is 2.41. The lowest BCUT2D eigenvalue weighted by Gasteiger charge is -2.21. The molecule has 0 unspecified atom stereocenters. The maximum absolute atomic E-state index is 12.7. The minimum Gasteiger partial charge on any atom is -0.342 e. The van der Waals surface area contributed by atoms with E-state index in [2.05, 4.69) is 4.98 Å². The van der Waals surface area contributed by atoms with Crippen LogP contribution in [0, 0.1) is 0 Å². The van der Waals surface area contributed by atoms with Crippen molar-refractivity contribution in [3.8, 4) is 0 Å². The van der Waals surface area contributed by atoms with E-state index in [0.29, 0.717) is 22.2 Å². The van der Waals surface area contributed by atoms with Crippen LogP contribution < -0.4 is 9.21 Å². The molecule has 5 nitrogen and oxygen atoms in total. The topological polar surface area (TPSA) is 53.5 Å². The molecule has 2 aromatic rings. The Bertz CT molecular complexity index is 792. The van der Waals surface area contributed by atoms with Gasteiger partial charge >= 0.3 is 0 Å². The second-order valence-electron chi connectivity index (χ2n) is 4.50. The van der Waals surface area contributed by atoms with E-state index in [4.69, 9.17) is 11.6 Å². The van der Waals surface area contributed by atoms with E-state index >= 15 is 0 Å². The van der Waals surface area contributed by atoms with E-state index in [0.717, 1.165) is 0 Å². The van der Waals surface area contributed by atoms with Crippen molar-refractivity contribution in [2.24, 2.45) is 0 Å². The molecule has 1 aromatic heterocycles. The first-order valence-corrected chi connectivity index (χ1v) is 7.72. The highest BCUT2D eigenvalue weighted by Gasteiger charge is 2.32. The van der Waals surface area contributed by atoms with E-state index in [1.54, 1.807) is 35.2 Å². The molecule has 2 heterocycles. The number of pyridine rings is 1. The first kappa shape index (κ1) is 13.2. The van der Waals surface area contributed by atoms with Crippen LogP contribution in [0.15, 0.2) is 41.4 Å². The number of hydrogen-bond acceptors (Lipinski definition) is 4. The highest BCUT2D eigenvalue weighted by molar-refractivity contribution is 7.93. The molecule has 20 heavy (non-hydrogen) atoms. The summed E-state index contributed by atoms with van der Waals surface area (Å²) in [4.78, 5) is 6.05. The molecule has 0 amide bonds. The van der Waals surface area contributed by atoms with Gasteiger partial charge in [0.05, 0.1) is 23.3 Å². The fourth-order valence-electron chi connectivity index (χ4n) is 2.28. The van der Waals surface area contributed by atoms with Crippen molar-refractivity contribution in [2.75, 3.05) is 23.3 Å². The number of hydrogen-bond donors (Lipinski definition) is 0. The SMILES string of the molecule is CN1c2cc(Cl)ncc2N(C)S(=O)(=O)c2ccccc21. The summed E-state index contributed by atoms with van der Waals surface area (Å²) in [5.41, 5.74) is 1.80. The van der Waals surface area contributed by atoms with Crippen LogP contribution in [0.5, 0.6) is 0 Å². The van der Waals surface area contributed by atoms with E-state index in [1.165, 1.54) is 17.5 Å². The van der Waals surface area contributed by atoms with E-state index in [9.17, 15) is 8.42 Å². The van der Waals surface area contributed by atoms with Crippen molar-refractivity contribution in [3.63, 3.8) is 0 Å². The molecule has 0 N–H and O–H groups in total. The molecule has 0 aliphatic carbocycles. The monoisotopic (exact) mass is 309 g/mol. The van der Waals surface area contributed by atoms with Crippen LogP contribution in [-0.2, 0) is 10.0 Å². The van der Waals surface area contributed by atoms with Gasteiger partial charge in [-0.2, -0.15) is 0 Å². The van der Waals surface area contributed by atoms with Gasteiger partial charge in [0.1, 0.15) is 10.0 Å². The lowest BCUT2D eigenvalue weighted by atomic mass is 10.2. The molecule has 1 aromatic carbocycles. The number of para-hydroxylation sites is 1. The average molecular weight is 310 g/mol. The third-order valence-corrected chi connectivity index (χ3v) is 5.42. The summed E-state index contributed by atoms with van der Waals surface area (Å²) in [5.74, 6) is 0. The van der Waals surface area contributed by atoms with Gasteiger partial charge in [0.15, 0.2) is 0 Å². The molecule has 3 rings (SSSR count). The Morgan fingerprint density at radius 3 is 2.55 bits per heavy atom. The molecule has 0 saturated carbocycles. The van der Waals surface area contributed by atoms with Crippen LogP contribution in [0.25, 0.3) is 0 Å². The molecule has 104 valence electrons. The van der Waals surface area contributed by atoms with Gasteiger partial charge in [-0.05, 0) is 12.1 Å². The van der Waals surface area contributed by atoms with Gasteiger partial charge in [0.25, 0.3) is 10.0 Å². The third-order valence-electron chi connectivity index (χ3n) is 3.39. The van der Waals surface area contributed by atoms with Gasteiger partial charge in [-0.1, -0.05) is 23.7 Å². The predicted octanol–water partition coefficient (Wildman–Crippen LogP) is 2.64. The average Bonchev–Trinajstić information content (AvgIpc) is 2.50. The molecule has 1 aliphatic heterocycles. The number of sulfonamides is 1. The summed E-state index contributed by atoms with van der Waals surface area (Å²) in [7, 11) is -0.286. The minimum atomic E-state index is -3.61. The van der Waals surface area contributed by atoms with Crippen LogP contribution >= 0.6 is 11.6 Å². The number of benzene rings is 1. The standard InChI is InChI=1S/C13H12ClN3O2S/c1-16-9-5-3-4-6-12(9)20(18,19)17(2)11-8-15-13(14)7-10(11)16/h3-8H,1-2H3. The van der Waals surface area contributed by atoms with Gasteiger partial charge in [0.2, 0.25) is 0 Å². The second kappa shape index (κ2) is 4.36. The van der Waals surface area contributed by atoms with Crippen molar-refractivity contribution in [2.45, 2.75) is 4.90 Å². The van der Waals surface area contributed by atoms with E-state index in [1.807, 2.05) is 7.05 Å². The zero-order valence-corrected chi connectivity index (χ0v) is 12.5. The quantitative estimate of drug-likeness (QED) is 0.702. The predicted molar refractivity (Wildman–Crippen MR) is 79.3 cm³/mol. The normalized spacial score (nSPS) is 16.4. The van der Waals surface area contributed by atoms with Gasteiger partial charge in [-0.25, -0.2) is 13.4 Å². The Labute approximate surface area is 122 Å². The minimum absolute atomic E-state index is 0.261. The molecule has 0 atom stereocenters. The van der Waals surface area contributed by atoms with Crippen LogP contribution in [0.3, 0.4) is 0 Å². The van der Waals surface area contributed by atoms with E-state index < -0.39 is 10.0 Å². The molecule has 1 aliphatic rings. The van der Waals surface area contributed by atoms with Crippen LogP contribution in [0.1, 0.15) is 0 Å². The van der Waals surface area contributed by atoms with Gasteiger partial charge < -0.3 is 4.90 Å². The Hall–Kier alpha value is -1.79. The second-order valence-corrected chi connectivity index (χ2v) is 6.82. The number of halogens is 1. The first-order chi connectivity index (χ1) is 9.43. The molecule has 0 spiro atoms. The fourth-order valence-corrected chi connectivity index (χ4v) is 3.85. The van der Waals surface area contributed by atoms with Crippen molar-refractivity contribution in [1.82, 2.24) is 4.98 Å². The maximum atomic E-state index is 12.7. The van der Waals surface area contributed by atoms with Crippen LogP contribution in [-0.4, -0.2) is 27.5 Å². The van der Waals surface area contributed by atoms with Gasteiger partial charge in [-0.15, -0.1) is 0 Å². The molecule has 0 radical (unpaired) electrons. The number of anilines is 3. The van der Waals surface area contributed by atoms with E-state index in [-0.39, 0.29) is 4.90 Å². The molecule has 0 fully saturated rings. The Morgan fingerprint density at radius 2 is 1.80 bits per heavy atom. The van der Waals surface area contributed by atoms with Crippen molar-refractivity contribution in [3.05, 3.63) is 41.7 Å². The highest BCUT2D eigenvalue weighted by atomic mass is 35.5. The Kier molecular flexibility index (Phi) is 2.88. The molecule has 0 bridgehead atoms. The molecular weight excluding hydrogens is 298 g/mol. The molecule has 0 saturated heterocycles. The van der Waals surface area contributed by atoms with Crippen molar-refractivity contribution in [1.29, 1.82) is 0 Å². The van der Waals surface area contributed by atoms with Crippen LogP contribution in [0.2, 0.25) is 5.15 Å².